The molecule has 0 amide bonds. The van der Waals surface area contributed by atoms with Crippen molar-refractivity contribution in [1.29, 1.82) is 0 Å². The first-order valence-electron chi connectivity index (χ1n) is 30.5. The van der Waals surface area contributed by atoms with Crippen LogP contribution in [0.5, 0.6) is 0 Å². The highest BCUT2D eigenvalue weighted by molar-refractivity contribution is 6.93. The second kappa shape index (κ2) is 16.0. The molecule has 4 aliphatic rings. The number of benzene rings is 8. The normalized spacial score (nSPS) is 19.0. The number of rotatable bonds is 2. The molecule has 6 heterocycles. The first kappa shape index (κ1) is 50.9. The molecular weight excluding hydrogens is 980 g/mol. The lowest BCUT2D eigenvalue weighted by molar-refractivity contribution is 0.200. The smallest absolute Gasteiger partial charge is 0.328 e. The van der Waals surface area contributed by atoms with Crippen LogP contribution in [0, 0.1) is 0 Å². The lowest BCUT2D eigenvalue weighted by Gasteiger charge is -2.54. The van der Waals surface area contributed by atoms with Crippen LogP contribution in [-0.4, -0.2) is 26.1 Å². The molecule has 2 unspecified atom stereocenters. The Morgan fingerprint density at radius 2 is 0.889 bits per heavy atom. The van der Waals surface area contributed by atoms with Gasteiger partial charge in [-0.15, -0.1) is 0 Å². The van der Waals surface area contributed by atoms with Gasteiger partial charge in [0.2, 0.25) is 0 Å². The van der Waals surface area contributed by atoms with Gasteiger partial charge in [0.25, 0.3) is 0 Å². The van der Waals surface area contributed by atoms with Crippen molar-refractivity contribution < 1.29 is 0 Å². The quantitative estimate of drug-likeness (QED) is 0.158. The number of aromatic nitrogens is 3. The fourth-order valence-electron chi connectivity index (χ4n) is 16.0. The molecule has 0 spiro atoms. The molecule has 0 bridgehead atoms. The summed E-state index contributed by atoms with van der Waals surface area (Å²) in [5.41, 5.74) is 26.7. The zero-order valence-corrected chi connectivity index (χ0v) is 51.4. The predicted molar refractivity (Wildman–Crippen MR) is 350 cm³/mol. The van der Waals surface area contributed by atoms with Gasteiger partial charge in [-0.1, -0.05) is 178 Å². The van der Waals surface area contributed by atoms with Crippen LogP contribution in [0.25, 0.3) is 93.6 Å². The van der Waals surface area contributed by atoms with E-state index in [0.717, 1.165) is 12.8 Å². The van der Waals surface area contributed by atoms with E-state index in [9.17, 15) is 0 Å². The summed E-state index contributed by atoms with van der Waals surface area (Å²) in [7, 11) is 0. The van der Waals surface area contributed by atoms with Crippen molar-refractivity contribution >= 4 is 88.9 Å². The molecule has 1 aliphatic carbocycles. The molecule has 81 heavy (non-hydrogen) atoms. The Bertz CT molecular complexity index is 4560. The summed E-state index contributed by atoms with van der Waals surface area (Å²) in [6.45, 7) is 41.0. The van der Waals surface area contributed by atoms with Crippen molar-refractivity contribution in [3.05, 3.63) is 167 Å². The van der Waals surface area contributed by atoms with Gasteiger partial charge in [-0.05, 0) is 170 Å². The van der Waals surface area contributed by atoms with Crippen LogP contribution in [0.15, 0.2) is 133 Å². The van der Waals surface area contributed by atoms with Crippen molar-refractivity contribution in [3.63, 3.8) is 0 Å². The Labute approximate surface area is 481 Å². The molecule has 3 aromatic heterocycles. The molecule has 5 heteroatoms. The van der Waals surface area contributed by atoms with Gasteiger partial charge in [-0.25, -0.2) is 0 Å². The molecule has 0 saturated heterocycles. The highest BCUT2D eigenvalue weighted by Crippen LogP contribution is 2.65. The first-order valence-corrected chi connectivity index (χ1v) is 30.5. The van der Waals surface area contributed by atoms with Crippen molar-refractivity contribution in [1.82, 2.24) is 13.7 Å². The number of fused-ring (bicyclic) bond motifs is 17. The Morgan fingerprint density at radius 1 is 0.395 bits per heavy atom. The summed E-state index contributed by atoms with van der Waals surface area (Å²) in [6, 6.07) is 53.8. The van der Waals surface area contributed by atoms with Crippen LogP contribution in [0.3, 0.4) is 0 Å². The van der Waals surface area contributed by atoms with Gasteiger partial charge in [0.05, 0.1) is 33.1 Å². The third kappa shape index (κ3) is 6.78. The lowest BCUT2D eigenvalue weighted by Crippen LogP contribution is -2.70. The van der Waals surface area contributed by atoms with E-state index in [-0.39, 0.29) is 44.9 Å². The number of para-hydroxylation sites is 1. The average Bonchev–Trinajstić information content (AvgIpc) is 2.31. The van der Waals surface area contributed by atoms with Crippen LogP contribution >= 0.6 is 0 Å². The van der Waals surface area contributed by atoms with Gasteiger partial charge in [-0.3, -0.25) is 0 Å². The lowest BCUT2D eigenvalue weighted by atomic mass is 9.42. The highest BCUT2D eigenvalue weighted by Gasteiger charge is 2.64. The molecule has 4 nitrogen and oxygen atoms in total. The molecule has 408 valence electrons. The maximum absolute atomic E-state index is 3.07. The first-order chi connectivity index (χ1) is 38.1. The SMILES string of the molecule is CC(C)(C)c1ccc(-n2c3ccc(C(C)(C)C)cc3c3cc4c(cc32)c2cc(C(C)(C)C)cc3c2n4-c2cc(C(C)(C)C)cc4c2B3N2c3c-4cc4c5cc(C(C)(C)C)ccc5n(-c5ccccc5)c4c3C3(C)CCCCC23C)cc1. The third-order valence-electron chi connectivity index (χ3n) is 20.9. The highest BCUT2D eigenvalue weighted by atomic mass is 15.2. The van der Waals surface area contributed by atoms with Crippen molar-refractivity contribution in [2.24, 2.45) is 0 Å². The Balaban J connectivity index is 1.13. The molecule has 2 atom stereocenters. The van der Waals surface area contributed by atoms with E-state index in [2.05, 4.69) is 270 Å². The van der Waals surface area contributed by atoms with E-state index in [4.69, 9.17) is 0 Å². The third-order valence-corrected chi connectivity index (χ3v) is 20.9. The zero-order valence-electron chi connectivity index (χ0n) is 51.4. The Morgan fingerprint density at radius 3 is 1.51 bits per heavy atom. The molecule has 8 aromatic carbocycles. The molecule has 3 aliphatic heterocycles. The number of anilines is 1. The topological polar surface area (TPSA) is 18.0 Å². The second-order valence-corrected chi connectivity index (χ2v) is 31.0. The minimum absolute atomic E-state index is 0.000971. The van der Waals surface area contributed by atoms with E-state index < -0.39 is 0 Å². The summed E-state index contributed by atoms with van der Waals surface area (Å²) in [5, 5.41) is 8.01. The van der Waals surface area contributed by atoms with Crippen LogP contribution < -0.4 is 15.7 Å². The Hall–Kier alpha value is -6.98. The van der Waals surface area contributed by atoms with Gasteiger partial charge in [0, 0.05) is 77.1 Å². The average molecular weight is 1060 g/mol. The molecule has 1 fully saturated rings. The molecule has 0 radical (unpaired) electrons. The Kier molecular flexibility index (Phi) is 10.0. The van der Waals surface area contributed by atoms with Crippen molar-refractivity contribution in [2.45, 2.75) is 181 Å². The monoisotopic (exact) mass is 1060 g/mol. The summed E-state index contributed by atoms with van der Waals surface area (Å²) in [6.07, 6.45) is 4.73. The van der Waals surface area contributed by atoms with E-state index in [1.165, 1.54) is 151 Å². The number of hydrogen-bond acceptors (Lipinski definition) is 1. The minimum Gasteiger partial charge on any atom is -0.400 e. The van der Waals surface area contributed by atoms with Crippen LogP contribution in [0.4, 0.5) is 5.69 Å². The fourth-order valence-corrected chi connectivity index (χ4v) is 16.0. The van der Waals surface area contributed by atoms with Crippen LogP contribution in [-0.2, 0) is 32.5 Å². The standard InChI is InChI=1S/C76H81BN4/c1-70(2,3)44-25-29-50(30-26-44)78-60-31-27-45(71(4,5)6)35-51(60)53-42-63-54(43-62(53)78)56-38-47(73(10,11)12)39-59-67(56)80(63)64-40-48(74(13,14)15)37-55-58-41-57-52-36-46(72(7,8)9)28-32-61(52)79(49-23-19-18-20-24-49)68(57)65-69(58)81(77(59)66(55)64)76(17)34-22-21-33-75(65,76)16/h18-20,23-32,35-43H,21-22,33-34H2,1-17H3. The van der Waals surface area contributed by atoms with Gasteiger partial charge in [0.1, 0.15) is 0 Å². The molecule has 11 aromatic rings. The fraction of sp³-hybridized carbons (Fsp3) is 0.368. The predicted octanol–water partition coefficient (Wildman–Crippen LogP) is 19.0. The maximum Gasteiger partial charge on any atom is 0.328 e. The van der Waals surface area contributed by atoms with E-state index in [1.807, 2.05) is 0 Å². The number of nitrogens with zero attached hydrogens (tertiary/aromatic N) is 4. The van der Waals surface area contributed by atoms with Crippen molar-refractivity contribution in [3.8, 4) is 28.2 Å². The molecule has 0 N–H and O–H groups in total. The second-order valence-electron chi connectivity index (χ2n) is 31.0. The van der Waals surface area contributed by atoms with Gasteiger partial charge in [0.15, 0.2) is 0 Å². The minimum atomic E-state index is -0.176. The van der Waals surface area contributed by atoms with Crippen LogP contribution in [0.1, 0.15) is 177 Å². The van der Waals surface area contributed by atoms with Gasteiger partial charge >= 0.3 is 6.85 Å². The molecule has 1 saturated carbocycles. The van der Waals surface area contributed by atoms with E-state index >= 15 is 0 Å². The summed E-state index contributed by atoms with van der Waals surface area (Å²) >= 11 is 0. The molecular formula is C76H81BN4. The largest absolute Gasteiger partial charge is 0.400 e. The summed E-state index contributed by atoms with van der Waals surface area (Å²) in [5.74, 6) is 0. The van der Waals surface area contributed by atoms with Crippen LogP contribution in [0.2, 0.25) is 0 Å². The van der Waals surface area contributed by atoms with Gasteiger partial charge < -0.3 is 18.5 Å². The number of hydrogen-bond donors (Lipinski definition) is 0. The van der Waals surface area contributed by atoms with Crippen molar-refractivity contribution in [2.75, 3.05) is 4.81 Å². The summed E-state index contributed by atoms with van der Waals surface area (Å²) in [4.78, 5) is 3.07. The maximum atomic E-state index is 3.07. The zero-order chi connectivity index (χ0) is 56.8. The van der Waals surface area contributed by atoms with E-state index in [1.54, 1.807) is 5.56 Å². The van der Waals surface area contributed by atoms with E-state index in [0.29, 0.717) is 0 Å². The summed E-state index contributed by atoms with van der Waals surface area (Å²) < 4.78 is 8.00. The molecule has 15 rings (SSSR count). The van der Waals surface area contributed by atoms with Gasteiger partial charge in [-0.2, -0.15) is 0 Å².